The highest BCUT2D eigenvalue weighted by atomic mass is 35.5. The fourth-order valence-corrected chi connectivity index (χ4v) is 2.21. The molecule has 0 unspecified atom stereocenters. The third-order valence-electron chi connectivity index (χ3n) is 3.33. The molecule has 0 nitrogen and oxygen atoms in total. The van der Waals surface area contributed by atoms with Crippen molar-refractivity contribution in [3.63, 3.8) is 0 Å². The lowest BCUT2D eigenvalue weighted by molar-refractivity contribution is 0.818. The Labute approximate surface area is 90.6 Å². The molecule has 1 saturated carbocycles. The monoisotopic (exact) mass is 206 g/mol. The predicted octanol–water partition coefficient (Wildman–Crippen LogP) is 4.34. The van der Waals surface area contributed by atoms with Crippen molar-refractivity contribution in [1.29, 1.82) is 0 Å². The van der Waals surface area contributed by atoms with Gasteiger partial charge in [-0.3, -0.25) is 0 Å². The van der Waals surface area contributed by atoms with Gasteiger partial charge in [0, 0.05) is 10.4 Å². The van der Waals surface area contributed by atoms with E-state index in [-0.39, 0.29) is 0 Å². The second-order valence-corrected chi connectivity index (χ2v) is 4.50. The fraction of sp³-hybridized carbons (Fsp3) is 0.385. The van der Waals surface area contributed by atoms with Gasteiger partial charge in [-0.25, -0.2) is 0 Å². The molecule has 0 aromatic heterocycles. The molecule has 0 heterocycles. The number of halogens is 1. The van der Waals surface area contributed by atoms with Gasteiger partial charge < -0.3 is 0 Å². The molecule has 1 aromatic carbocycles. The largest absolute Gasteiger partial charge is 0.0878 e. The maximum Gasteiger partial charge on any atom is 0.0406 e. The molecule has 0 atom stereocenters. The zero-order valence-corrected chi connectivity index (χ0v) is 9.43. The fourth-order valence-electron chi connectivity index (χ4n) is 2.08. The minimum Gasteiger partial charge on any atom is -0.0878 e. The van der Waals surface area contributed by atoms with Gasteiger partial charge >= 0.3 is 0 Å². The van der Waals surface area contributed by atoms with Crippen molar-refractivity contribution in [3.8, 4) is 0 Å². The maximum atomic E-state index is 5.88. The summed E-state index contributed by atoms with van der Waals surface area (Å²) in [5.74, 6) is 0. The molecule has 1 heteroatoms. The quantitative estimate of drug-likeness (QED) is 0.632. The van der Waals surface area contributed by atoms with Crippen LogP contribution in [-0.2, 0) is 5.41 Å². The van der Waals surface area contributed by atoms with Crippen LogP contribution < -0.4 is 0 Å². The lowest BCUT2D eigenvalue weighted by Gasteiger charge is -2.16. The number of benzene rings is 1. The zero-order valence-electron chi connectivity index (χ0n) is 8.68. The summed E-state index contributed by atoms with van der Waals surface area (Å²) in [4.78, 5) is 0. The van der Waals surface area contributed by atoms with Crippen molar-refractivity contribution in [2.24, 2.45) is 0 Å². The van der Waals surface area contributed by atoms with Gasteiger partial charge in [0.25, 0.3) is 0 Å². The van der Waals surface area contributed by atoms with Gasteiger partial charge in [0.1, 0.15) is 0 Å². The second kappa shape index (κ2) is 3.43. The molecule has 1 aromatic rings. The Balaban J connectivity index is 2.36. The van der Waals surface area contributed by atoms with Crippen LogP contribution in [0.2, 0.25) is 5.02 Å². The number of hydrogen-bond donors (Lipinski definition) is 0. The van der Waals surface area contributed by atoms with Gasteiger partial charge in [-0.05, 0) is 44.4 Å². The minimum atomic E-state index is 0.347. The molecule has 0 spiro atoms. The van der Waals surface area contributed by atoms with Crippen LogP contribution >= 0.6 is 11.6 Å². The van der Waals surface area contributed by atoms with Crippen molar-refractivity contribution in [2.45, 2.75) is 32.1 Å². The molecule has 2 rings (SSSR count). The minimum absolute atomic E-state index is 0.347. The van der Waals surface area contributed by atoms with E-state index < -0.39 is 0 Å². The molecular weight excluding hydrogens is 192 g/mol. The summed E-state index contributed by atoms with van der Waals surface area (Å²) in [6.45, 7) is 4.34. The molecule has 1 aliphatic carbocycles. The first-order valence-corrected chi connectivity index (χ1v) is 5.46. The van der Waals surface area contributed by atoms with E-state index in [1.54, 1.807) is 0 Å². The maximum absolute atomic E-state index is 5.88. The third-order valence-corrected chi connectivity index (χ3v) is 3.59. The molecule has 0 saturated heterocycles. The standard InChI is InChI=1S/C13H15Cl/c1-3-10(2)13(8-9-13)11-4-6-12(14)7-5-11/h3-7H,8-9H2,1-2H3. The smallest absolute Gasteiger partial charge is 0.0406 e. The summed E-state index contributed by atoms with van der Waals surface area (Å²) in [6, 6.07) is 8.28. The first-order valence-electron chi connectivity index (χ1n) is 5.08. The van der Waals surface area contributed by atoms with Crippen LogP contribution in [0.4, 0.5) is 0 Å². The summed E-state index contributed by atoms with van der Waals surface area (Å²) in [7, 11) is 0. The molecule has 0 aliphatic heterocycles. The van der Waals surface area contributed by atoms with Crippen LogP contribution in [0.5, 0.6) is 0 Å². The third kappa shape index (κ3) is 1.48. The van der Waals surface area contributed by atoms with E-state index in [0.717, 1.165) is 5.02 Å². The highest BCUT2D eigenvalue weighted by Crippen LogP contribution is 2.53. The van der Waals surface area contributed by atoms with Crippen molar-refractivity contribution < 1.29 is 0 Å². The Kier molecular flexibility index (Phi) is 2.40. The van der Waals surface area contributed by atoms with Crippen LogP contribution in [0, 0.1) is 0 Å². The SMILES string of the molecule is CC=C(C)C1(c2ccc(Cl)cc2)CC1. The van der Waals surface area contributed by atoms with Crippen molar-refractivity contribution in [3.05, 3.63) is 46.5 Å². The molecule has 1 aliphatic rings. The highest BCUT2D eigenvalue weighted by molar-refractivity contribution is 6.30. The topological polar surface area (TPSA) is 0 Å². The van der Waals surface area contributed by atoms with Gasteiger partial charge in [0.15, 0.2) is 0 Å². The van der Waals surface area contributed by atoms with Crippen molar-refractivity contribution in [2.75, 3.05) is 0 Å². The van der Waals surface area contributed by atoms with E-state index in [2.05, 4.69) is 32.1 Å². The summed E-state index contributed by atoms with van der Waals surface area (Å²) in [6.07, 6.45) is 4.79. The molecule has 0 amide bonds. The molecule has 0 bridgehead atoms. The lowest BCUT2D eigenvalue weighted by atomic mass is 9.89. The van der Waals surface area contributed by atoms with Crippen LogP contribution in [-0.4, -0.2) is 0 Å². The predicted molar refractivity (Wildman–Crippen MR) is 61.8 cm³/mol. The Morgan fingerprint density at radius 1 is 1.29 bits per heavy atom. The Hall–Kier alpha value is -0.750. The molecular formula is C13H15Cl. The van der Waals surface area contributed by atoms with Gasteiger partial charge in [-0.2, -0.15) is 0 Å². The number of hydrogen-bond acceptors (Lipinski definition) is 0. The van der Waals surface area contributed by atoms with E-state index in [1.807, 2.05) is 12.1 Å². The van der Waals surface area contributed by atoms with Gasteiger partial charge in [0.2, 0.25) is 0 Å². The highest BCUT2D eigenvalue weighted by Gasteiger charge is 2.45. The summed E-state index contributed by atoms with van der Waals surface area (Å²) in [5, 5.41) is 0.822. The van der Waals surface area contributed by atoms with Gasteiger partial charge in [-0.1, -0.05) is 35.4 Å². The van der Waals surface area contributed by atoms with Crippen LogP contribution in [0.3, 0.4) is 0 Å². The van der Waals surface area contributed by atoms with Crippen LogP contribution in [0.15, 0.2) is 35.9 Å². The van der Waals surface area contributed by atoms with Crippen molar-refractivity contribution >= 4 is 11.6 Å². The molecule has 14 heavy (non-hydrogen) atoms. The summed E-state index contributed by atoms with van der Waals surface area (Å²) < 4.78 is 0. The normalized spacial score (nSPS) is 19.5. The Bertz CT molecular complexity index is 355. The molecule has 1 fully saturated rings. The van der Waals surface area contributed by atoms with Gasteiger partial charge in [-0.15, -0.1) is 0 Å². The van der Waals surface area contributed by atoms with E-state index in [4.69, 9.17) is 11.6 Å². The Morgan fingerprint density at radius 3 is 2.29 bits per heavy atom. The second-order valence-electron chi connectivity index (χ2n) is 4.06. The van der Waals surface area contributed by atoms with E-state index in [1.165, 1.54) is 24.0 Å². The average molecular weight is 207 g/mol. The van der Waals surface area contributed by atoms with Gasteiger partial charge in [0.05, 0.1) is 0 Å². The van der Waals surface area contributed by atoms with Crippen LogP contribution in [0.25, 0.3) is 0 Å². The van der Waals surface area contributed by atoms with E-state index >= 15 is 0 Å². The first kappa shape index (κ1) is 9.79. The average Bonchev–Trinajstić information content (AvgIpc) is 2.99. The number of rotatable bonds is 2. The Morgan fingerprint density at radius 2 is 1.86 bits per heavy atom. The first-order chi connectivity index (χ1) is 6.69. The summed E-state index contributed by atoms with van der Waals surface area (Å²) in [5.41, 5.74) is 3.25. The van der Waals surface area contributed by atoms with Crippen molar-refractivity contribution in [1.82, 2.24) is 0 Å². The molecule has 0 N–H and O–H groups in total. The summed E-state index contributed by atoms with van der Waals surface area (Å²) >= 11 is 5.88. The molecule has 0 radical (unpaired) electrons. The van der Waals surface area contributed by atoms with E-state index in [9.17, 15) is 0 Å². The lowest BCUT2D eigenvalue weighted by Crippen LogP contribution is -2.07. The van der Waals surface area contributed by atoms with E-state index in [0.29, 0.717) is 5.41 Å². The zero-order chi connectivity index (χ0) is 10.2. The molecule has 74 valence electrons. The van der Waals surface area contributed by atoms with Crippen LogP contribution in [0.1, 0.15) is 32.3 Å². The number of allylic oxidation sites excluding steroid dienone is 2.